The van der Waals surface area contributed by atoms with Gasteiger partial charge >= 0.3 is 0 Å². The Balaban J connectivity index is 2.08. The summed E-state index contributed by atoms with van der Waals surface area (Å²) in [6.45, 7) is 1.26. The maximum atomic E-state index is 14.0. The Labute approximate surface area is 107 Å². The second kappa shape index (κ2) is 5.83. The lowest BCUT2D eigenvalue weighted by atomic mass is 10.1. The summed E-state index contributed by atoms with van der Waals surface area (Å²) in [7, 11) is 1.47. The average molecular weight is 248 g/mol. The lowest BCUT2D eigenvalue weighted by Gasteiger charge is -2.21. The van der Waals surface area contributed by atoms with Crippen molar-refractivity contribution in [2.45, 2.75) is 31.8 Å². The predicted octanol–water partition coefficient (Wildman–Crippen LogP) is 2.71. The highest BCUT2D eigenvalue weighted by atomic mass is 19.1. The van der Waals surface area contributed by atoms with Crippen LogP contribution in [-0.4, -0.2) is 24.6 Å². The topological polar surface area (TPSA) is 36.3 Å². The van der Waals surface area contributed by atoms with E-state index in [4.69, 9.17) is 10.00 Å². The summed E-state index contributed by atoms with van der Waals surface area (Å²) in [5.74, 6) is -0.00821. The number of nitriles is 1. The summed E-state index contributed by atoms with van der Waals surface area (Å²) in [6.07, 6.45) is 2.79. The molecule has 0 heterocycles. The second-order valence-electron chi connectivity index (χ2n) is 4.54. The largest absolute Gasteiger partial charge is 0.494 e. The first-order valence-corrected chi connectivity index (χ1v) is 6.18. The van der Waals surface area contributed by atoms with Crippen LogP contribution in [0.5, 0.6) is 5.75 Å². The molecule has 3 nitrogen and oxygen atoms in total. The molecule has 0 N–H and O–H groups in total. The minimum Gasteiger partial charge on any atom is -0.494 e. The van der Waals surface area contributed by atoms with Gasteiger partial charge in [0, 0.05) is 31.1 Å². The van der Waals surface area contributed by atoms with Gasteiger partial charge in [-0.3, -0.25) is 4.90 Å². The molecule has 0 aliphatic heterocycles. The molecular weight excluding hydrogens is 231 g/mol. The van der Waals surface area contributed by atoms with Crippen molar-refractivity contribution in [2.24, 2.45) is 0 Å². The normalized spacial score (nSPS) is 14.6. The minimum atomic E-state index is -0.289. The van der Waals surface area contributed by atoms with Crippen molar-refractivity contribution in [1.82, 2.24) is 4.90 Å². The lowest BCUT2D eigenvalue weighted by molar-refractivity contribution is 0.255. The van der Waals surface area contributed by atoms with Gasteiger partial charge in [-0.15, -0.1) is 0 Å². The van der Waals surface area contributed by atoms with E-state index in [2.05, 4.69) is 11.0 Å². The monoisotopic (exact) mass is 248 g/mol. The summed E-state index contributed by atoms with van der Waals surface area (Å²) in [6, 6.07) is 7.86. The molecule has 1 aliphatic rings. The molecule has 0 spiro atoms. The van der Waals surface area contributed by atoms with E-state index in [0.29, 0.717) is 31.1 Å². The number of halogens is 1. The Hall–Kier alpha value is -1.60. The van der Waals surface area contributed by atoms with Gasteiger partial charge in [-0.25, -0.2) is 4.39 Å². The Bertz CT molecular complexity index is 452. The van der Waals surface area contributed by atoms with Gasteiger partial charge in [-0.05, 0) is 18.9 Å². The molecule has 0 atom stereocenters. The van der Waals surface area contributed by atoms with E-state index in [9.17, 15) is 4.39 Å². The van der Waals surface area contributed by atoms with Gasteiger partial charge in [0.1, 0.15) is 0 Å². The maximum absolute atomic E-state index is 14.0. The number of ether oxygens (including phenoxy) is 1. The molecule has 0 unspecified atom stereocenters. The summed E-state index contributed by atoms with van der Waals surface area (Å²) in [4.78, 5) is 2.18. The number of benzene rings is 1. The molecule has 0 radical (unpaired) electrons. The van der Waals surface area contributed by atoms with Gasteiger partial charge in [0.2, 0.25) is 0 Å². The second-order valence-corrected chi connectivity index (χ2v) is 4.54. The van der Waals surface area contributed by atoms with Crippen molar-refractivity contribution in [2.75, 3.05) is 13.7 Å². The third-order valence-electron chi connectivity index (χ3n) is 3.21. The van der Waals surface area contributed by atoms with E-state index in [0.717, 1.165) is 12.8 Å². The van der Waals surface area contributed by atoms with Crippen LogP contribution in [-0.2, 0) is 6.54 Å². The number of methoxy groups -OCH3 is 1. The molecule has 0 amide bonds. The number of nitrogens with zero attached hydrogens (tertiary/aromatic N) is 2. The summed E-state index contributed by atoms with van der Waals surface area (Å²) < 4.78 is 19.0. The molecule has 1 aliphatic carbocycles. The third kappa shape index (κ3) is 2.99. The summed E-state index contributed by atoms with van der Waals surface area (Å²) in [5.41, 5.74) is 0.638. The first kappa shape index (κ1) is 12.8. The number of hydrogen-bond acceptors (Lipinski definition) is 3. The molecular formula is C14H17FN2O. The number of rotatable bonds is 6. The third-order valence-corrected chi connectivity index (χ3v) is 3.21. The number of hydrogen-bond donors (Lipinski definition) is 0. The van der Waals surface area contributed by atoms with Crippen LogP contribution in [0.25, 0.3) is 0 Å². The van der Waals surface area contributed by atoms with Crippen molar-refractivity contribution >= 4 is 0 Å². The molecule has 18 heavy (non-hydrogen) atoms. The van der Waals surface area contributed by atoms with Crippen LogP contribution in [0.1, 0.15) is 24.8 Å². The van der Waals surface area contributed by atoms with E-state index < -0.39 is 0 Å². The smallest absolute Gasteiger partial charge is 0.169 e. The lowest BCUT2D eigenvalue weighted by Crippen LogP contribution is -2.27. The van der Waals surface area contributed by atoms with Crippen molar-refractivity contribution in [1.29, 1.82) is 5.26 Å². The van der Waals surface area contributed by atoms with Crippen molar-refractivity contribution in [3.8, 4) is 11.8 Å². The summed E-state index contributed by atoms with van der Waals surface area (Å²) >= 11 is 0. The zero-order valence-electron chi connectivity index (χ0n) is 10.5. The van der Waals surface area contributed by atoms with Gasteiger partial charge in [-0.1, -0.05) is 12.1 Å². The highest BCUT2D eigenvalue weighted by molar-refractivity contribution is 5.31. The highest BCUT2D eigenvalue weighted by Crippen LogP contribution is 2.30. The molecule has 1 aromatic carbocycles. The van der Waals surface area contributed by atoms with Gasteiger partial charge in [-0.2, -0.15) is 5.26 Å². The molecule has 0 aromatic heterocycles. The van der Waals surface area contributed by atoms with E-state index in [1.165, 1.54) is 7.11 Å². The highest BCUT2D eigenvalue weighted by Gasteiger charge is 2.29. The standard InChI is InChI=1S/C14H17FN2O/c1-18-13-5-2-4-11(14(13)15)10-17(9-3-8-16)12-6-7-12/h2,4-5,12H,3,6-7,9-10H2,1H3. The van der Waals surface area contributed by atoms with Crippen LogP contribution in [0.15, 0.2) is 18.2 Å². The fourth-order valence-corrected chi connectivity index (χ4v) is 2.08. The molecule has 0 saturated heterocycles. The van der Waals surface area contributed by atoms with E-state index in [1.807, 2.05) is 0 Å². The van der Waals surface area contributed by atoms with Crippen molar-refractivity contribution < 1.29 is 9.13 Å². The average Bonchev–Trinajstić information content (AvgIpc) is 3.20. The van der Waals surface area contributed by atoms with Gasteiger partial charge in [0.25, 0.3) is 0 Å². The SMILES string of the molecule is COc1cccc(CN(CCC#N)C2CC2)c1F. The zero-order valence-corrected chi connectivity index (χ0v) is 10.5. The zero-order chi connectivity index (χ0) is 13.0. The van der Waals surface area contributed by atoms with Crippen LogP contribution >= 0.6 is 0 Å². The van der Waals surface area contributed by atoms with Crippen LogP contribution in [0.3, 0.4) is 0 Å². The van der Waals surface area contributed by atoms with Gasteiger partial charge in [0.15, 0.2) is 11.6 Å². The molecule has 1 fully saturated rings. The molecule has 1 aromatic rings. The van der Waals surface area contributed by atoms with Crippen molar-refractivity contribution in [3.63, 3.8) is 0 Å². The van der Waals surface area contributed by atoms with Crippen LogP contribution in [0, 0.1) is 17.1 Å². The van der Waals surface area contributed by atoms with Gasteiger partial charge in [0.05, 0.1) is 13.2 Å². The van der Waals surface area contributed by atoms with Crippen LogP contribution < -0.4 is 4.74 Å². The first-order valence-electron chi connectivity index (χ1n) is 6.18. The fraction of sp³-hybridized carbons (Fsp3) is 0.500. The minimum absolute atomic E-state index is 0.281. The predicted molar refractivity (Wildman–Crippen MR) is 66.6 cm³/mol. The fourth-order valence-electron chi connectivity index (χ4n) is 2.08. The quantitative estimate of drug-likeness (QED) is 0.776. The van der Waals surface area contributed by atoms with Crippen LogP contribution in [0.2, 0.25) is 0 Å². The Kier molecular flexibility index (Phi) is 4.16. The van der Waals surface area contributed by atoms with Gasteiger partial charge < -0.3 is 4.74 Å². The first-order chi connectivity index (χ1) is 8.76. The molecule has 1 saturated carbocycles. The molecule has 4 heteroatoms. The molecule has 2 rings (SSSR count). The molecule has 96 valence electrons. The van der Waals surface area contributed by atoms with Crippen LogP contribution in [0.4, 0.5) is 4.39 Å². The Morgan fingerprint density at radius 3 is 2.89 bits per heavy atom. The Morgan fingerprint density at radius 2 is 2.28 bits per heavy atom. The van der Waals surface area contributed by atoms with E-state index in [1.54, 1.807) is 18.2 Å². The van der Waals surface area contributed by atoms with E-state index >= 15 is 0 Å². The Morgan fingerprint density at radius 1 is 1.50 bits per heavy atom. The molecule has 0 bridgehead atoms. The summed E-state index contributed by atoms with van der Waals surface area (Å²) in [5, 5.41) is 8.65. The maximum Gasteiger partial charge on any atom is 0.169 e. The van der Waals surface area contributed by atoms with E-state index in [-0.39, 0.29) is 11.6 Å². The van der Waals surface area contributed by atoms with Crippen molar-refractivity contribution in [3.05, 3.63) is 29.6 Å².